The first-order valence-corrected chi connectivity index (χ1v) is 7.23. The summed E-state index contributed by atoms with van der Waals surface area (Å²) in [6.07, 6.45) is 0.910. The van der Waals surface area contributed by atoms with Gasteiger partial charge in [0.05, 0.1) is 6.10 Å². The summed E-state index contributed by atoms with van der Waals surface area (Å²) in [6.45, 7) is 7.28. The van der Waals surface area contributed by atoms with Gasteiger partial charge >= 0.3 is 0 Å². The number of carbonyl (C=O) groups excluding carboxylic acids is 1. The molecule has 0 N–H and O–H groups in total. The maximum Gasteiger partial charge on any atom is 0.253 e. The smallest absolute Gasteiger partial charge is 0.253 e. The Hall–Kier alpha value is -1.22. The standard InChI is InChI=1S/C15H22ClNO2/c1-4-17(10-6-9-16)15(18)13-7-5-8-14(11-13)19-12(2)3/h5,7-8,11-12H,4,6,9-10H2,1-3H3. The Morgan fingerprint density at radius 2 is 2.16 bits per heavy atom. The van der Waals surface area contributed by atoms with E-state index in [1.165, 1.54) is 0 Å². The normalized spacial score (nSPS) is 10.6. The number of hydrogen-bond donors (Lipinski definition) is 0. The molecule has 1 rings (SSSR count). The molecule has 1 aromatic rings. The molecular formula is C15H22ClNO2. The summed E-state index contributed by atoms with van der Waals surface area (Å²) in [5.74, 6) is 1.33. The number of benzene rings is 1. The molecular weight excluding hydrogens is 262 g/mol. The van der Waals surface area contributed by atoms with Crippen LogP contribution in [0.4, 0.5) is 0 Å². The maximum atomic E-state index is 12.3. The zero-order valence-corrected chi connectivity index (χ0v) is 12.6. The molecule has 4 heteroatoms. The molecule has 1 amide bonds. The van der Waals surface area contributed by atoms with Crippen molar-refractivity contribution < 1.29 is 9.53 Å². The van der Waals surface area contributed by atoms with Crippen molar-refractivity contribution in [2.24, 2.45) is 0 Å². The van der Waals surface area contributed by atoms with Crippen LogP contribution in [0, 0.1) is 0 Å². The maximum absolute atomic E-state index is 12.3. The average molecular weight is 284 g/mol. The van der Waals surface area contributed by atoms with Crippen LogP contribution < -0.4 is 4.74 Å². The SMILES string of the molecule is CCN(CCCCl)C(=O)c1cccc(OC(C)C)c1. The molecule has 19 heavy (non-hydrogen) atoms. The minimum Gasteiger partial charge on any atom is -0.491 e. The third-order valence-electron chi connectivity index (χ3n) is 2.68. The second-order valence-electron chi connectivity index (χ2n) is 4.62. The molecule has 0 unspecified atom stereocenters. The Morgan fingerprint density at radius 1 is 1.42 bits per heavy atom. The predicted molar refractivity (Wildman–Crippen MR) is 79.1 cm³/mol. The Kier molecular flexibility index (Phi) is 6.71. The minimum atomic E-state index is 0.0295. The van der Waals surface area contributed by atoms with E-state index in [0.29, 0.717) is 24.5 Å². The van der Waals surface area contributed by atoms with Gasteiger partial charge in [0.25, 0.3) is 5.91 Å². The van der Waals surface area contributed by atoms with E-state index >= 15 is 0 Å². The second kappa shape index (κ2) is 8.05. The van der Waals surface area contributed by atoms with Crippen LogP contribution in [0.3, 0.4) is 0 Å². The molecule has 0 aliphatic rings. The topological polar surface area (TPSA) is 29.5 Å². The molecule has 0 spiro atoms. The number of alkyl halides is 1. The van der Waals surface area contributed by atoms with E-state index < -0.39 is 0 Å². The molecule has 106 valence electrons. The van der Waals surface area contributed by atoms with Crippen LogP contribution in [0.1, 0.15) is 37.6 Å². The van der Waals surface area contributed by atoms with Crippen LogP contribution in [0.25, 0.3) is 0 Å². The third kappa shape index (κ3) is 5.11. The van der Waals surface area contributed by atoms with E-state index in [9.17, 15) is 4.79 Å². The highest BCUT2D eigenvalue weighted by molar-refractivity contribution is 6.17. The van der Waals surface area contributed by atoms with Gasteiger partial charge in [0.1, 0.15) is 5.75 Å². The van der Waals surface area contributed by atoms with E-state index in [4.69, 9.17) is 16.3 Å². The van der Waals surface area contributed by atoms with Gasteiger partial charge in [-0.3, -0.25) is 4.79 Å². The Labute approximate surface area is 120 Å². The first-order chi connectivity index (χ1) is 9.08. The van der Waals surface area contributed by atoms with Gasteiger partial charge in [-0.25, -0.2) is 0 Å². The van der Waals surface area contributed by atoms with Crippen LogP contribution >= 0.6 is 11.6 Å². The number of amides is 1. The molecule has 3 nitrogen and oxygen atoms in total. The van der Waals surface area contributed by atoms with E-state index in [2.05, 4.69) is 0 Å². The van der Waals surface area contributed by atoms with Gasteiger partial charge in [-0.1, -0.05) is 6.07 Å². The summed E-state index contributed by atoms with van der Waals surface area (Å²) in [5.41, 5.74) is 0.662. The van der Waals surface area contributed by atoms with Gasteiger partial charge in [-0.2, -0.15) is 0 Å². The molecule has 0 bridgehead atoms. The highest BCUT2D eigenvalue weighted by Crippen LogP contribution is 2.16. The van der Waals surface area contributed by atoms with Crippen molar-refractivity contribution in [2.45, 2.75) is 33.3 Å². The summed E-state index contributed by atoms with van der Waals surface area (Å²) < 4.78 is 5.61. The lowest BCUT2D eigenvalue weighted by Gasteiger charge is -2.21. The zero-order chi connectivity index (χ0) is 14.3. The van der Waals surface area contributed by atoms with Gasteiger partial charge < -0.3 is 9.64 Å². The summed E-state index contributed by atoms with van der Waals surface area (Å²) in [5, 5.41) is 0. The average Bonchev–Trinajstić information content (AvgIpc) is 2.39. The molecule has 0 heterocycles. The fraction of sp³-hybridized carbons (Fsp3) is 0.533. The van der Waals surface area contributed by atoms with Crippen LogP contribution in [-0.2, 0) is 0 Å². The van der Waals surface area contributed by atoms with Crippen molar-refractivity contribution >= 4 is 17.5 Å². The van der Waals surface area contributed by atoms with E-state index in [0.717, 1.165) is 12.2 Å². The molecule has 0 atom stereocenters. The van der Waals surface area contributed by atoms with Crippen molar-refractivity contribution in [1.29, 1.82) is 0 Å². The molecule has 0 aliphatic heterocycles. The van der Waals surface area contributed by atoms with Gasteiger partial charge in [0.15, 0.2) is 0 Å². The van der Waals surface area contributed by atoms with Crippen molar-refractivity contribution in [3.05, 3.63) is 29.8 Å². The molecule has 0 aliphatic carbocycles. The number of rotatable bonds is 7. The number of carbonyl (C=O) groups is 1. The summed E-state index contributed by atoms with van der Waals surface area (Å²) in [4.78, 5) is 14.1. The van der Waals surface area contributed by atoms with Gasteiger partial charge in [-0.05, 0) is 45.4 Å². The molecule has 1 aromatic carbocycles. The van der Waals surface area contributed by atoms with Gasteiger partial charge in [0, 0.05) is 24.5 Å². The highest BCUT2D eigenvalue weighted by atomic mass is 35.5. The summed E-state index contributed by atoms with van der Waals surface area (Å²) in [6, 6.07) is 7.33. The number of hydrogen-bond acceptors (Lipinski definition) is 2. The van der Waals surface area contributed by atoms with Crippen molar-refractivity contribution in [3.8, 4) is 5.75 Å². The third-order valence-corrected chi connectivity index (χ3v) is 2.95. The fourth-order valence-corrected chi connectivity index (χ4v) is 1.93. The largest absolute Gasteiger partial charge is 0.491 e. The van der Waals surface area contributed by atoms with Crippen LogP contribution in [0.2, 0.25) is 0 Å². The Morgan fingerprint density at radius 3 is 2.74 bits per heavy atom. The molecule has 0 saturated carbocycles. The number of ether oxygens (including phenoxy) is 1. The van der Waals surface area contributed by atoms with E-state index in [1.807, 2.05) is 39.0 Å². The second-order valence-corrected chi connectivity index (χ2v) is 5.00. The summed E-state index contributed by atoms with van der Waals surface area (Å²) >= 11 is 5.68. The monoisotopic (exact) mass is 283 g/mol. The van der Waals surface area contributed by atoms with Crippen molar-refractivity contribution in [1.82, 2.24) is 4.90 Å². The highest BCUT2D eigenvalue weighted by Gasteiger charge is 2.14. The molecule has 0 fully saturated rings. The van der Waals surface area contributed by atoms with Gasteiger partial charge in [0.2, 0.25) is 0 Å². The molecule has 0 aromatic heterocycles. The first kappa shape index (κ1) is 15.8. The Bertz CT molecular complexity index is 407. The van der Waals surface area contributed by atoms with E-state index in [-0.39, 0.29) is 12.0 Å². The van der Waals surface area contributed by atoms with Crippen LogP contribution in [-0.4, -0.2) is 35.9 Å². The quantitative estimate of drug-likeness (QED) is 0.716. The zero-order valence-electron chi connectivity index (χ0n) is 11.9. The lowest BCUT2D eigenvalue weighted by atomic mass is 10.2. The molecule has 0 saturated heterocycles. The molecule has 0 radical (unpaired) electrons. The van der Waals surface area contributed by atoms with E-state index in [1.54, 1.807) is 11.0 Å². The minimum absolute atomic E-state index is 0.0295. The van der Waals surface area contributed by atoms with Crippen molar-refractivity contribution in [2.75, 3.05) is 19.0 Å². The van der Waals surface area contributed by atoms with Crippen LogP contribution in [0.15, 0.2) is 24.3 Å². The van der Waals surface area contributed by atoms with Crippen LogP contribution in [0.5, 0.6) is 5.75 Å². The predicted octanol–water partition coefficient (Wildman–Crippen LogP) is 3.56. The number of nitrogens with zero attached hydrogens (tertiary/aromatic N) is 1. The van der Waals surface area contributed by atoms with Crippen molar-refractivity contribution in [3.63, 3.8) is 0 Å². The van der Waals surface area contributed by atoms with Gasteiger partial charge in [-0.15, -0.1) is 11.6 Å². The Balaban J connectivity index is 2.79. The fourth-order valence-electron chi connectivity index (χ4n) is 1.81. The summed E-state index contributed by atoms with van der Waals surface area (Å²) in [7, 11) is 0. The lowest BCUT2D eigenvalue weighted by molar-refractivity contribution is 0.0764. The first-order valence-electron chi connectivity index (χ1n) is 6.70. The number of halogens is 1. The lowest BCUT2D eigenvalue weighted by Crippen LogP contribution is -2.32.